The smallest absolute Gasteiger partial charge is 0.240 e. The molecule has 0 spiro atoms. The van der Waals surface area contributed by atoms with Crippen LogP contribution in [0.25, 0.3) is 0 Å². The van der Waals surface area contributed by atoms with E-state index >= 15 is 0 Å². The molecule has 0 saturated heterocycles. The van der Waals surface area contributed by atoms with Gasteiger partial charge in [0.25, 0.3) is 0 Å². The SMILES string of the molecule is CN(C)Cc1nc(C(C)(C)NC(=O)CCc2ccccc2N)no1. The van der Waals surface area contributed by atoms with Gasteiger partial charge < -0.3 is 20.5 Å². The lowest BCUT2D eigenvalue weighted by Gasteiger charge is -2.22. The summed E-state index contributed by atoms with van der Waals surface area (Å²) in [5.74, 6) is 0.906. The fourth-order valence-electron chi connectivity index (χ4n) is 2.32. The molecule has 1 aromatic carbocycles. The number of para-hydroxylation sites is 1. The summed E-state index contributed by atoms with van der Waals surface area (Å²) < 4.78 is 5.22. The van der Waals surface area contributed by atoms with Crippen LogP contribution >= 0.6 is 0 Å². The van der Waals surface area contributed by atoms with E-state index in [2.05, 4.69) is 15.5 Å². The third-order valence-electron chi connectivity index (χ3n) is 3.61. The second kappa shape index (κ2) is 7.44. The first kappa shape index (κ1) is 17.9. The van der Waals surface area contributed by atoms with E-state index < -0.39 is 5.54 Å². The zero-order valence-corrected chi connectivity index (χ0v) is 14.7. The van der Waals surface area contributed by atoms with Crippen LogP contribution in [-0.4, -0.2) is 35.0 Å². The maximum Gasteiger partial charge on any atom is 0.240 e. The number of aryl methyl sites for hydroxylation is 1. The zero-order chi connectivity index (χ0) is 17.7. The number of aromatic nitrogens is 2. The molecule has 0 aliphatic rings. The van der Waals surface area contributed by atoms with Gasteiger partial charge in [0.1, 0.15) is 0 Å². The second-order valence-corrected chi connectivity index (χ2v) is 6.62. The summed E-state index contributed by atoms with van der Waals surface area (Å²) in [5, 5.41) is 6.93. The first-order valence-electron chi connectivity index (χ1n) is 7.90. The molecule has 0 aliphatic carbocycles. The minimum atomic E-state index is -0.701. The van der Waals surface area contributed by atoms with E-state index in [9.17, 15) is 4.79 Å². The van der Waals surface area contributed by atoms with E-state index in [4.69, 9.17) is 10.3 Å². The Balaban J connectivity index is 1.94. The van der Waals surface area contributed by atoms with Crippen LogP contribution in [0, 0.1) is 0 Å². The number of hydrogen-bond donors (Lipinski definition) is 2. The summed E-state index contributed by atoms with van der Waals surface area (Å²) in [6.45, 7) is 4.27. The highest BCUT2D eigenvalue weighted by Gasteiger charge is 2.28. The Kier molecular flexibility index (Phi) is 5.56. The molecular formula is C17H25N5O2. The van der Waals surface area contributed by atoms with E-state index in [0.29, 0.717) is 36.8 Å². The average molecular weight is 331 g/mol. The number of rotatable bonds is 7. The Bertz CT molecular complexity index is 694. The van der Waals surface area contributed by atoms with Crippen molar-refractivity contribution < 1.29 is 9.32 Å². The number of anilines is 1. The van der Waals surface area contributed by atoms with Crippen LogP contribution in [0.5, 0.6) is 0 Å². The normalized spacial score (nSPS) is 11.7. The maximum atomic E-state index is 12.3. The molecule has 0 saturated carbocycles. The van der Waals surface area contributed by atoms with E-state index in [1.165, 1.54) is 0 Å². The van der Waals surface area contributed by atoms with Gasteiger partial charge in [-0.05, 0) is 46.0 Å². The molecule has 0 aliphatic heterocycles. The number of carbonyl (C=O) groups is 1. The average Bonchev–Trinajstić information content (AvgIpc) is 2.94. The fourth-order valence-corrected chi connectivity index (χ4v) is 2.32. The first-order chi connectivity index (χ1) is 11.3. The van der Waals surface area contributed by atoms with Crippen molar-refractivity contribution in [3.05, 3.63) is 41.5 Å². The largest absolute Gasteiger partial charge is 0.399 e. The molecule has 130 valence electrons. The highest BCUT2D eigenvalue weighted by molar-refractivity contribution is 5.77. The topological polar surface area (TPSA) is 97.3 Å². The minimum Gasteiger partial charge on any atom is -0.399 e. The second-order valence-electron chi connectivity index (χ2n) is 6.62. The number of benzene rings is 1. The molecule has 2 rings (SSSR count). The van der Waals surface area contributed by atoms with Crippen molar-refractivity contribution in [3.63, 3.8) is 0 Å². The van der Waals surface area contributed by atoms with Crippen molar-refractivity contribution in [2.75, 3.05) is 19.8 Å². The van der Waals surface area contributed by atoms with Crippen molar-refractivity contribution in [2.24, 2.45) is 0 Å². The molecule has 0 unspecified atom stereocenters. The summed E-state index contributed by atoms with van der Waals surface area (Å²) >= 11 is 0. The molecule has 1 aromatic heterocycles. The van der Waals surface area contributed by atoms with Gasteiger partial charge in [0, 0.05) is 12.1 Å². The molecule has 3 N–H and O–H groups in total. The Hall–Kier alpha value is -2.41. The number of amides is 1. The van der Waals surface area contributed by atoms with E-state index in [-0.39, 0.29) is 5.91 Å². The van der Waals surface area contributed by atoms with Gasteiger partial charge in [0.15, 0.2) is 5.82 Å². The highest BCUT2D eigenvalue weighted by atomic mass is 16.5. The standard InChI is InChI=1S/C17H25N5O2/c1-17(2,16-19-15(24-21-16)11-22(3)4)20-14(23)10-9-12-7-5-6-8-13(12)18/h5-8H,9-11,18H2,1-4H3,(H,20,23). The van der Waals surface area contributed by atoms with Gasteiger partial charge in [-0.2, -0.15) is 4.98 Å². The molecule has 7 heteroatoms. The minimum absolute atomic E-state index is 0.0813. The molecule has 1 amide bonds. The summed E-state index contributed by atoms with van der Waals surface area (Å²) in [4.78, 5) is 18.5. The van der Waals surface area contributed by atoms with Crippen LogP contribution in [0.15, 0.2) is 28.8 Å². The van der Waals surface area contributed by atoms with Crippen LogP contribution < -0.4 is 11.1 Å². The number of nitrogens with zero attached hydrogens (tertiary/aromatic N) is 3. The fraction of sp³-hybridized carbons (Fsp3) is 0.471. The van der Waals surface area contributed by atoms with Crippen molar-refractivity contribution in [1.29, 1.82) is 0 Å². The summed E-state index contributed by atoms with van der Waals surface area (Å²) in [6, 6.07) is 7.56. The van der Waals surface area contributed by atoms with Crippen molar-refractivity contribution in [3.8, 4) is 0 Å². The van der Waals surface area contributed by atoms with Gasteiger partial charge in [-0.1, -0.05) is 23.4 Å². The number of carbonyl (C=O) groups excluding carboxylic acids is 1. The van der Waals surface area contributed by atoms with Gasteiger partial charge in [0.05, 0.1) is 12.1 Å². The molecule has 0 fully saturated rings. The Morgan fingerprint density at radius 2 is 2.04 bits per heavy atom. The number of nitrogens with two attached hydrogens (primary N) is 1. The van der Waals surface area contributed by atoms with Crippen LogP contribution in [0.4, 0.5) is 5.69 Å². The van der Waals surface area contributed by atoms with E-state index in [1.807, 2.05) is 57.1 Å². The van der Waals surface area contributed by atoms with Gasteiger partial charge in [-0.15, -0.1) is 0 Å². The number of hydrogen-bond acceptors (Lipinski definition) is 6. The predicted octanol–water partition coefficient (Wildman–Crippen LogP) is 1.70. The quantitative estimate of drug-likeness (QED) is 0.750. The van der Waals surface area contributed by atoms with E-state index in [0.717, 1.165) is 5.56 Å². The third kappa shape index (κ3) is 4.79. The summed E-state index contributed by atoms with van der Waals surface area (Å²) in [6.07, 6.45) is 0.937. The molecule has 1 heterocycles. The Morgan fingerprint density at radius 3 is 2.71 bits per heavy atom. The Labute approximate surface area is 142 Å². The predicted molar refractivity (Wildman–Crippen MR) is 92.0 cm³/mol. The number of nitrogens with one attached hydrogen (secondary N) is 1. The molecule has 2 aromatic rings. The summed E-state index contributed by atoms with van der Waals surface area (Å²) in [5.41, 5.74) is 6.87. The molecule has 0 radical (unpaired) electrons. The third-order valence-corrected chi connectivity index (χ3v) is 3.61. The van der Waals surface area contributed by atoms with Crippen LogP contribution in [0.1, 0.15) is 37.5 Å². The lowest BCUT2D eigenvalue weighted by molar-refractivity contribution is -0.122. The van der Waals surface area contributed by atoms with Crippen LogP contribution in [-0.2, 0) is 23.3 Å². The monoisotopic (exact) mass is 331 g/mol. The van der Waals surface area contributed by atoms with Crippen molar-refractivity contribution in [2.45, 2.75) is 38.8 Å². The van der Waals surface area contributed by atoms with Gasteiger partial charge in [-0.25, -0.2) is 0 Å². The zero-order valence-electron chi connectivity index (χ0n) is 14.7. The van der Waals surface area contributed by atoms with Gasteiger partial charge in [0.2, 0.25) is 11.8 Å². The lowest BCUT2D eigenvalue weighted by Crippen LogP contribution is -2.42. The number of nitrogen functional groups attached to an aromatic ring is 1. The molecule has 7 nitrogen and oxygen atoms in total. The van der Waals surface area contributed by atoms with Crippen molar-refractivity contribution in [1.82, 2.24) is 20.4 Å². The molecule has 24 heavy (non-hydrogen) atoms. The van der Waals surface area contributed by atoms with Crippen LogP contribution in [0.2, 0.25) is 0 Å². The molecular weight excluding hydrogens is 306 g/mol. The highest BCUT2D eigenvalue weighted by Crippen LogP contribution is 2.18. The molecule has 0 atom stereocenters. The van der Waals surface area contributed by atoms with Crippen LogP contribution in [0.3, 0.4) is 0 Å². The van der Waals surface area contributed by atoms with Gasteiger partial charge >= 0.3 is 0 Å². The first-order valence-corrected chi connectivity index (χ1v) is 7.90. The van der Waals surface area contributed by atoms with E-state index in [1.54, 1.807) is 0 Å². The lowest BCUT2D eigenvalue weighted by atomic mass is 10.0. The van der Waals surface area contributed by atoms with Gasteiger partial charge in [-0.3, -0.25) is 4.79 Å². The Morgan fingerprint density at radius 1 is 1.33 bits per heavy atom. The molecule has 0 bridgehead atoms. The summed E-state index contributed by atoms with van der Waals surface area (Å²) in [7, 11) is 3.85. The van der Waals surface area contributed by atoms with Crippen molar-refractivity contribution >= 4 is 11.6 Å². The maximum absolute atomic E-state index is 12.3.